The second-order valence-electron chi connectivity index (χ2n) is 9.06. The molecule has 1 aliphatic rings. The number of halogens is 4. The first-order valence-electron chi connectivity index (χ1n) is 11.8. The summed E-state index contributed by atoms with van der Waals surface area (Å²) in [5.74, 6) is -0.663. The predicted molar refractivity (Wildman–Crippen MR) is 129 cm³/mol. The Morgan fingerprint density at radius 1 is 0.946 bits per heavy atom. The topological polar surface area (TPSA) is 78.0 Å². The summed E-state index contributed by atoms with van der Waals surface area (Å²) >= 11 is 0. The number of pyridine rings is 2. The van der Waals surface area contributed by atoms with Crippen LogP contribution >= 0.6 is 0 Å². The maximum atomic E-state index is 13.5. The van der Waals surface area contributed by atoms with Crippen LogP contribution in [0.5, 0.6) is 0 Å². The Morgan fingerprint density at radius 2 is 1.70 bits per heavy atom. The van der Waals surface area contributed by atoms with Crippen LogP contribution in [0, 0.1) is 5.95 Å². The summed E-state index contributed by atoms with van der Waals surface area (Å²) in [7, 11) is 0. The fourth-order valence-corrected chi connectivity index (χ4v) is 4.50. The van der Waals surface area contributed by atoms with Crippen LogP contribution in [0.2, 0.25) is 0 Å². The normalized spacial score (nSPS) is 14.9. The Hall–Kier alpha value is -3.86. The third kappa shape index (κ3) is 6.29. The number of amides is 1. The lowest BCUT2D eigenvalue weighted by Gasteiger charge is -2.35. The van der Waals surface area contributed by atoms with Crippen molar-refractivity contribution in [2.75, 3.05) is 26.2 Å². The quantitative estimate of drug-likeness (QED) is 0.307. The summed E-state index contributed by atoms with van der Waals surface area (Å²) in [6.07, 6.45) is -2.25. The molecule has 0 bridgehead atoms. The van der Waals surface area contributed by atoms with Gasteiger partial charge in [-0.25, -0.2) is 9.97 Å². The van der Waals surface area contributed by atoms with Crippen LogP contribution in [0.1, 0.15) is 23.5 Å². The molecule has 0 saturated carbocycles. The highest BCUT2D eigenvalue weighted by molar-refractivity contribution is 5.82. The fraction of sp³-hybridized carbons (Fsp3) is 0.308. The van der Waals surface area contributed by atoms with Gasteiger partial charge in [0, 0.05) is 63.3 Å². The molecule has 1 fully saturated rings. The number of nitrogens with zero attached hydrogens (tertiary/aromatic N) is 5. The first-order valence-corrected chi connectivity index (χ1v) is 11.8. The molecular formula is C26H24F4N6O. The van der Waals surface area contributed by atoms with Gasteiger partial charge in [-0.2, -0.15) is 17.6 Å². The molecule has 1 saturated heterocycles. The lowest BCUT2D eigenvalue weighted by atomic mass is 10.1. The molecule has 1 aliphatic heterocycles. The van der Waals surface area contributed by atoms with Crippen LogP contribution in [0.3, 0.4) is 0 Å². The zero-order valence-corrected chi connectivity index (χ0v) is 19.8. The molecule has 1 aromatic carbocycles. The summed E-state index contributed by atoms with van der Waals surface area (Å²) < 4.78 is 51.0. The van der Waals surface area contributed by atoms with Gasteiger partial charge in [-0.05, 0) is 47.0 Å². The van der Waals surface area contributed by atoms with E-state index in [0.717, 1.165) is 39.2 Å². The molecule has 1 amide bonds. The van der Waals surface area contributed by atoms with Crippen molar-refractivity contribution in [2.24, 2.45) is 0 Å². The van der Waals surface area contributed by atoms with Crippen LogP contribution < -0.4 is 0 Å². The predicted octanol–water partition coefficient (Wildman–Crippen LogP) is 4.35. The van der Waals surface area contributed by atoms with Gasteiger partial charge < -0.3 is 9.88 Å². The second kappa shape index (κ2) is 10.3. The van der Waals surface area contributed by atoms with Gasteiger partial charge in [0.1, 0.15) is 12.2 Å². The molecule has 11 heteroatoms. The number of nitrogens with one attached hydrogen (secondary N) is 1. The average molecular weight is 513 g/mol. The average Bonchev–Trinajstić information content (AvgIpc) is 3.25. The van der Waals surface area contributed by atoms with Gasteiger partial charge in [-0.15, -0.1) is 0 Å². The van der Waals surface area contributed by atoms with Crippen LogP contribution in [0.15, 0.2) is 54.9 Å². The molecule has 0 radical (unpaired) electrons. The third-order valence-corrected chi connectivity index (χ3v) is 6.30. The van der Waals surface area contributed by atoms with E-state index in [1.54, 1.807) is 12.3 Å². The van der Waals surface area contributed by atoms with E-state index >= 15 is 0 Å². The highest BCUT2D eigenvalue weighted by Gasteiger charge is 2.34. The Kier molecular flexibility index (Phi) is 6.88. The lowest BCUT2D eigenvalue weighted by Crippen LogP contribution is -2.49. The summed E-state index contributed by atoms with van der Waals surface area (Å²) in [6, 6.07) is 12.7. The van der Waals surface area contributed by atoms with Crippen LogP contribution in [0.4, 0.5) is 17.6 Å². The van der Waals surface area contributed by atoms with Crippen molar-refractivity contribution in [2.45, 2.75) is 25.6 Å². The lowest BCUT2D eigenvalue weighted by molar-refractivity contribution is -0.162. The first-order chi connectivity index (χ1) is 17.7. The van der Waals surface area contributed by atoms with E-state index in [1.165, 1.54) is 17.2 Å². The summed E-state index contributed by atoms with van der Waals surface area (Å²) in [6.45, 7) is 2.19. The van der Waals surface area contributed by atoms with Crippen molar-refractivity contribution in [1.29, 1.82) is 0 Å². The number of hydrogen-bond donors (Lipinski definition) is 1. The number of piperazine rings is 1. The van der Waals surface area contributed by atoms with Gasteiger partial charge in [-0.1, -0.05) is 6.07 Å². The Bertz CT molecular complexity index is 1410. The molecule has 0 spiro atoms. The SMILES string of the molecule is O=C(CC(F)(F)F)N1CCN(Cc2ccnc(Cc3nc4ccc(-c5ccnc(F)c5)cc4[nH]3)c2)CC1. The van der Waals surface area contributed by atoms with Crippen molar-refractivity contribution < 1.29 is 22.4 Å². The first kappa shape index (κ1) is 24.8. The maximum Gasteiger partial charge on any atom is 0.397 e. The molecule has 37 heavy (non-hydrogen) atoms. The number of aromatic nitrogens is 4. The van der Waals surface area contributed by atoms with Crippen LogP contribution in [-0.4, -0.2) is 68.0 Å². The minimum Gasteiger partial charge on any atom is -0.342 e. The third-order valence-electron chi connectivity index (χ3n) is 6.30. The summed E-state index contributed by atoms with van der Waals surface area (Å²) in [5, 5.41) is 0. The molecule has 0 atom stereocenters. The molecule has 4 aromatic rings. The zero-order valence-electron chi connectivity index (χ0n) is 19.8. The summed E-state index contributed by atoms with van der Waals surface area (Å²) in [5.41, 5.74) is 5.06. The van der Waals surface area contributed by atoms with Crippen LogP contribution in [-0.2, 0) is 17.8 Å². The van der Waals surface area contributed by atoms with Gasteiger partial charge in [0.2, 0.25) is 11.9 Å². The molecule has 192 valence electrons. The number of carbonyl (C=O) groups excluding carboxylic acids is 1. The van der Waals surface area contributed by atoms with Crippen molar-refractivity contribution in [3.05, 3.63) is 77.9 Å². The number of alkyl halides is 3. The fourth-order valence-electron chi connectivity index (χ4n) is 4.50. The van der Waals surface area contributed by atoms with E-state index in [4.69, 9.17) is 0 Å². The van der Waals surface area contributed by atoms with Crippen molar-refractivity contribution in [3.8, 4) is 11.1 Å². The molecule has 0 aliphatic carbocycles. The number of H-pyrrole nitrogens is 1. The van der Waals surface area contributed by atoms with Gasteiger partial charge in [0.15, 0.2) is 0 Å². The van der Waals surface area contributed by atoms with Gasteiger partial charge in [0.05, 0.1) is 11.0 Å². The molecule has 0 unspecified atom stereocenters. The molecule has 7 nitrogen and oxygen atoms in total. The zero-order chi connectivity index (χ0) is 26.0. The Morgan fingerprint density at radius 3 is 2.46 bits per heavy atom. The number of aromatic amines is 1. The van der Waals surface area contributed by atoms with E-state index in [0.29, 0.717) is 26.1 Å². The Balaban J connectivity index is 1.21. The van der Waals surface area contributed by atoms with Gasteiger partial charge >= 0.3 is 6.18 Å². The number of benzene rings is 1. The van der Waals surface area contributed by atoms with Crippen LogP contribution in [0.25, 0.3) is 22.2 Å². The highest BCUT2D eigenvalue weighted by Crippen LogP contribution is 2.24. The minimum absolute atomic E-state index is 0.278. The summed E-state index contributed by atoms with van der Waals surface area (Å²) in [4.78, 5) is 31.2. The van der Waals surface area contributed by atoms with E-state index in [1.807, 2.05) is 30.3 Å². The van der Waals surface area contributed by atoms with Crippen molar-refractivity contribution in [3.63, 3.8) is 0 Å². The smallest absolute Gasteiger partial charge is 0.342 e. The van der Waals surface area contributed by atoms with E-state index in [-0.39, 0.29) is 13.1 Å². The molecule has 5 rings (SSSR count). The molecular weight excluding hydrogens is 488 g/mol. The molecule has 4 heterocycles. The van der Waals surface area contributed by atoms with E-state index in [2.05, 4.69) is 24.8 Å². The van der Waals surface area contributed by atoms with E-state index in [9.17, 15) is 22.4 Å². The molecule has 1 N–H and O–H groups in total. The standard InChI is InChI=1S/C26H24F4N6O/c27-23-13-19(4-6-32-23)18-1-2-21-22(12-18)34-24(33-21)14-20-11-17(3-5-31-20)16-35-7-9-36(10-8-35)25(37)15-26(28,29)30/h1-6,11-13H,7-10,14-16H2,(H,33,34). The van der Waals surface area contributed by atoms with Gasteiger partial charge in [0.25, 0.3) is 0 Å². The van der Waals surface area contributed by atoms with Gasteiger partial charge in [-0.3, -0.25) is 14.7 Å². The largest absolute Gasteiger partial charge is 0.397 e. The molecule has 3 aromatic heterocycles. The van der Waals surface area contributed by atoms with E-state index < -0.39 is 24.5 Å². The monoisotopic (exact) mass is 512 g/mol. The number of rotatable bonds is 6. The number of carbonyl (C=O) groups is 1. The second-order valence-corrected chi connectivity index (χ2v) is 9.06. The maximum absolute atomic E-state index is 13.5. The van der Waals surface area contributed by atoms with Crippen molar-refractivity contribution in [1.82, 2.24) is 29.7 Å². The number of imidazole rings is 1. The number of fused-ring (bicyclic) bond motifs is 1. The Labute approximate surface area is 210 Å². The minimum atomic E-state index is -4.48. The number of hydrogen-bond acceptors (Lipinski definition) is 5. The highest BCUT2D eigenvalue weighted by atomic mass is 19.4. The van der Waals surface area contributed by atoms with Crippen molar-refractivity contribution >= 4 is 16.9 Å².